The third kappa shape index (κ3) is 2.35. The van der Waals surface area contributed by atoms with Crippen molar-refractivity contribution in [3.63, 3.8) is 0 Å². The van der Waals surface area contributed by atoms with E-state index in [9.17, 15) is 8.42 Å². The number of nitrogens with zero attached hydrogens (tertiary/aromatic N) is 4. The largest absolute Gasteiger partial charge is 0.353 e. The van der Waals surface area contributed by atoms with Crippen molar-refractivity contribution in [2.24, 2.45) is 0 Å². The smallest absolute Gasteiger partial charge is 0.219 e. The zero-order chi connectivity index (χ0) is 13.5. The topological polar surface area (TPSA) is 72.5 Å². The average Bonchev–Trinajstić information content (AvgIpc) is 2.89. The van der Waals surface area contributed by atoms with Crippen molar-refractivity contribution < 1.29 is 8.42 Å². The van der Waals surface area contributed by atoms with Gasteiger partial charge in [0.2, 0.25) is 10.0 Å². The number of aromatic nitrogens is 2. The van der Waals surface area contributed by atoms with Gasteiger partial charge in [-0.25, -0.2) is 8.42 Å². The molecule has 0 aromatic carbocycles. The third-order valence-corrected chi connectivity index (χ3v) is 6.09. The lowest BCUT2D eigenvalue weighted by Gasteiger charge is -2.41. The maximum absolute atomic E-state index is 12.4. The fraction of sp³-hybridized carbons (Fsp3) is 0.727. The summed E-state index contributed by atoms with van der Waals surface area (Å²) >= 11 is 0. The first-order chi connectivity index (χ1) is 9.07. The van der Waals surface area contributed by atoms with E-state index in [1.54, 1.807) is 10.5 Å². The number of likely N-dealkylation sites (tertiary alicyclic amines) is 1. The Morgan fingerprint density at radius 2 is 1.95 bits per heavy atom. The normalized spacial score (nSPS) is 23.5. The van der Waals surface area contributed by atoms with Gasteiger partial charge in [-0.3, -0.25) is 5.10 Å². The number of sulfonamides is 1. The molecule has 2 fully saturated rings. The van der Waals surface area contributed by atoms with Crippen LogP contribution in [0.3, 0.4) is 0 Å². The van der Waals surface area contributed by atoms with Crippen molar-refractivity contribution in [3.05, 3.63) is 12.3 Å². The van der Waals surface area contributed by atoms with Crippen LogP contribution in [-0.4, -0.2) is 79.4 Å². The van der Waals surface area contributed by atoms with Crippen LogP contribution in [0.25, 0.3) is 0 Å². The van der Waals surface area contributed by atoms with E-state index in [4.69, 9.17) is 0 Å². The molecule has 2 aliphatic rings. The SMILES string of the molecule is CN1CC(S(=O)(=O)N2CCN(c3cc[nH]n3)CC2)C1. The molecule has 0 saturated carbocycles. The van der Waals surface area contributed by atoms with Gasteiger partial charge in [-0.2, -0.15) is 9.40 Å². The summed E-state index contributed by atoms with van der Waals surface area (Å²) < 4.78 is 26.4. The fourth-order valence-corrected chi connectivity index (χ4v) is 4.62. The van der Waals surface area contributed by atoms with Crippen molar-refractivity contribution in [1.29, 1.82) is 0 Å². The number of piperazine rings is 1. The molecule has 0 atom stereocenters. The van der Waals surface area contributed by atoms with Crippen LogP contribution >= 0.6 is 0 Å². The van der Waals surface area contributed by atoms with Gasteiger partial charge in [-0.05, 0) is 7.05 Å². The zero-order valence-electron chi connectivity index (χ0n) is 11.0. The summed E-state index contributed by atoms with van der Waals surface area (Å²) in [6.45, 7) is 3.81. The van der Waals surface area contributed by atoms with Crippen LogP contribution in [-0.2, 0) is 10.0 Å². The molecule has 2 saturated heterocycles. The minimum absolute atomic E-state index is 0.213. The van der Waals surface area contributed by atoms with E-state index in [-0.39, 0.29) is 5.25 Å². The molecule has 0 radical (unpaired) electrons. The molecular weight excluding hydrogens is 266 g/mol. The summed E-state index contributed by atoms with van der Waals surface area (Å²) in [6.07, 6.45) is 1.78. The second-order valence-electron chi connectivity index (χ2n) is 5.21. The minimum atomic E-state index is -3.11. The summed E-state index contributed by atoms with van der Waals surface area (Å²) in [7, 11) is -1.17. The highest BCUT2D eigenvalue weighted by Gasteiger charge is 2.40. The van der Waals surface area contributed by atoms with E-state index < -0.39 is 10.0 Å². The molecule has 3 rings (SSSR count). The molecule has 7 nitrogen and oxygen atoms in total. The molecule has 1 aromatic heterocycles. The lowest BCUT2D eigenvalue weighted by Crippen LogP contribution is -2.59. The molecule has 19 heavy (non-hydrogen) atoms. The average molecular weight is 285 g/mol. The Bertz CT molecular complexity index is 515. The van der Waals surface area contributed by atoms with Gasteiger partial charge < -0.3 is 9.80 Å². The van der Waals surface area contributed by atoms with Crippen LogP contribution in [0.2, 0.25) is 0 Å². The Kier molecular flexibility index (Phi) is 3.23. The second kappa shape index (κ2) is 4.77. The lowest BCUT2D eigenvalue weighted by molar-refractivity contribution is 0.223. The van der Waals surface area contributed by atoms with Gasteiger partial charge in [0.15, 0.2) is 0 Å². The van der Waals surface area contributed by atoms with Crippen molar-refractivity contribution in [1.82, 2.24) is 19.4 Å². The molecule has 0 spiro atoms. The van der Waals surface area contributed by atoms with E-state index >= 15 is 0 Å². The van der Waals surface area contributed by atoms with E-state index in [1.165, 1.54) is 0 Å². The molecule has 0 bridgehead atoms. The Hall–Kier alpha value is -1.12. The highest BCUT2D eigenvalue weighted by atomic mass is 32.2. The van der Waals surface area contributed by atoms with E-state index in [1.807, 2.05) is 18.0 Å². The number of anilines is 1. The molecule has 1 N–H and O–H groups in total. The Labute approximate surface area is 113 Å². The summed E-state index contributed by atoms with van der Waals surface area (Å²) in [6, 6.07) is 1.91. The Balaban J connectivity index is 1.61. The number of rotatable bonds is 3. The molecule has 0 unspecified atom stereocenters. The fourth-order valence-electron chi connectivity index (χ4n) is 2.64. The lowest BCUT2D eigenvalue weighted by atomic mass is 10.2. The van der Waals surface area contributed by atoms with Gasteiger partial charge in [0.1, 0.15) is 11.1 Å². The van der Waals surface area contributed by atoms with Crippen LogP contribution in [0.15, 0.2) is 12.3 Å². The monoisotopic (exact) mass is 285 g/mol. The van der Waals surface area contributed by atoms with Crippen LogP contribution in [0, 0.1) is 0 Å². The molecule has 0 amide bonds. The molecule has 0 aliphatic carbocycles. The van der Waals surface area contributed by atoms with Crippen molar-refractivity contribution in [2.45, 2.75) is 5.25 Å². The first-order valence-corrected chi connectivity index (χ1v) is 8.00. The predicted octanol–water partition coefficient (Wildman–Crippen LogP) is -0.824. The van der Waals surface area contributed by atoms with Gasteiger partial charge in [0.25, 0.3) is 0 Å². The number of hydrogen-bond acceptors (Lipinski definition) is 5. The van der Waals surface area contributed by atoms with E-state index in [0.29, 0.717) is 39.3 Å². The first-order valence-electron chi connectivity index (χ1n) is 6.49. The van der Waals surface area contributed by atoms with Crippen LogP contribution in [0.1, 0.15) is 0 Å². The molecular formula is C11H19N5O2S. The highest BCUT2D eigenvalue weighted by Crippen LogP contribution is 2.21. The summed E-state index contributed by atoms with van der Waals surface area (Å²) in [5.74, 6) is 0.889. The van der Waals surface area contributed by atoms with Crippen molar-refractivity contribution in [2.75, 3.05) is 51.2 Å². The van der Waals surface area contributed by atoms with E-state index in [2.05, 4.69) is 15.1 Å². The van der Waals surface area contributed by atoms with Crippen molar-refractivity contribution in [3.8, 4) is 0 Å². The highest BCUT2D eigenvalue weighted by molar-refractivity contribution is 7.89. The zero-order valence-corrected chi connectivity index (χ0v) is 11.8. The first kappa shape index (κ1) is 12.9. The molecule has 8 heteroatoms. The summed E-state index contributed by atoms with van der Waals surface area (Å²) in [5, 5.41) is 6.69. The molecule has 1 aromatic rings. The predicted molar refractivity (Wildman–Crippen MR) is 72.6 cm³/mol. The van der Waals surface area contributed by atoms with Crippen LogP contribution in [0.4, 0.5) is 5.82 Å². The summed E-state index contributed by atoms with van der Waals surface area (Å²) in [5.41, 5.74) is 0. The third-order valence-electron chi connectivity index (χ3n) is 3.86. The maximum atomic E-state index is 12.4. The van der Waals surface area contributed by atoms with Crippen LogP contribution in [0.5, 0.6) is 0 Å². The minimum Gasteiger partial charge on any atom is -0.353 e. The molecule has 2 aliphatic heterocycles. The maximum Gasteiger partial charge on any atom is 0.219 e. The summed E-state index contributed by atoms with van der Waals surface area (Å²) in [4.78, 5) is 4.14. The quantitative estimate of drug-likeness (QED) is 0.785. The van der Waals surface area contributed by atoms with Crippen molar-refractivity contribution >= 4 is 15.8 Å². The van der Waals surface area contributed by atoms with Gasteiger partial charge in [0, 0.05) is 51.5 Å². The Morgan fingerprint density at radius 3 is 2.47 bits per heavy atom. The van der Waals surface area contributed by atoms with Gasteiger partial charge in [-0.15, -0.1) is 0 Å². The molecule has 106 valence electrons. The number of hydrogen-bond donors (Lipinski definition) is 1. The van der Waals surface area contributed by atoms with Gasteiger partial charge in [0.05, 0.1) is 0 Å². The molecule has 3 heterocycles. The van der Waals surface area contributed by atoms with E-state index in [0.717, 1.165) is 5.82 Å². The van der Waals surface area contributed by atoms with Crippen LogP contribution < -0.4 is 4.90 Å². The van der Waals surface area contributed by atoms with Gasteiger partial charge in [-0.1, -0.05) is 0 Å². The number of nitrogens with one attached hydrogen (secondary N) is 1. The Morgan fingerprint density at radius 1 is 1.26 bits per heavy atom. The standard InChI is InChI=1S/C11H19N5O2S/c1-14-8-10(9-14)19(17,18)16-6-4-15(5-7-16)11-2-3-12-13-11/h2-3,10H,4-9H2,1H3,(H,12,13). The van der Waals surface area contributed by atoms with Gasteiger partial charge >= 0.3 is 0 Å². The number of H-pyrrole nitrogens is 1. The second-order valence-corrected chi connectivity index (χ2v) is 7.42. The number of aromatic amines is 1.